The third-order valence-electron chi connectivity index (χ3n) is 6.29. The lowest BCUT2D eigenvalue weighted by Crippen LogP contribution is -2.39. The first kappa shape index (κ1) is 23.0. The van der Waals surface area contributed by atoms with Crippen LogP contribution in [0.2, 0.25) is 0 Å². The van der Waals surface area contributed by atoms with E-state index in [1.54, 1.807) is 7.11 Å². The van der Waals surface area contributed by atoms with E-state index < -0.39 is 0 Å². The molecule has 7 heteroatoms. The Morgan fingerprint density at radius 2 is 1.73 bits per heavy atom. The molecule has 2 heterocycles. The first-order chi connectivity index (χ1) is 16.0. The van der Waals surface area contributed by atoms with Gasteiger partial charge in [-0.05, 0) is 49.1 Å². The standard InChI is InChI=1S/C26H31N3O4/c1-18-9-10-20(17-19(18)2)23-24(27-21-7-4-5-8-22(21)32-3)26(31)29(25(23)30)12-6-11-28-13-15-33-16-14-28/h4-5,7-10,17,27H,6,11-16H2,1-3H3. The Labute approximate surface area is 195 Å². The molecule has 0 saturated carbocycles. The predicted molar refractivity (Wildman–Crippen MR) is 128 cm³/mol. The van der Waals surface area contributed by atoms with Crippen molar-refractivity contribution in [1.29, 1.82) is 0 Å². The number of methoxy groups -OCH3 is 1. The second-order valence-corrected chi connectivity index (χ2v) is 8.44. The van der Waals surface area contributed by atoms with Gasteiger partial charge in [-0.25, -0.2) is 0 Å². The van der Waals surface area contributed by atoms with Crippen LogP contribution < -0.4 is 10.1 Å². The number of morpholine rings is 1. The van der Waals surface area contributed by atoms with Crippen LogP contribution in [-0.4, -0.2) is 68.1 Å². The number of para-hydroxylation sites is 2. The van der Waals surface area contributed by atoms with E-state index in [1.165, 1.54) is 4.90 Å². The van der Waals surface area contributed by atoms with E-state index in [0.717, 1.165) is 56.0 Å². The number of nitrogens with one attached hydrogen (secondary N) is 1. The van der Waals surface area contributed by atoms with Crippen LogP contribution in [0.15, 0.2) is 48.2 Å². The smallest absolute Gasteiger partial charge is 0.278 e. The van der Waals surface area contributed by atoms with Crippen LogP contribution in [0, 0.1) is 13.8 Å². The summed E-state index contributed by atoms with van der Waals surface area (Å²) < 4.78 is 10.8. The van der Waals surface area contributed by atoms with Gasteiger partial charge in [-0.2, -0.15) is 0 Å². The Morgan fingerprint density at radius 3 is 2.45 bits per heavy atom. The van der Waals surface area contributed by atoms with Gasteiger partial charge in [0.15, 0.2) is 0 Å². The van der Waals surface area contributed by atoms with Crippen LogP contribution in [-0.2, 0) is 14.3 Å². The summed E-state index contributed by atoms with van der Waals surface area (Å²) in [7, 11) is 1.58. The molecule has 4 rings (SSSR count). The summed E-state index contributed by atoms with van der Waals surface area (Å²) in [4.78, 5) is 30.6. The fourth-order valence-corrected chi connectivity index (χ4v) is 4.22. The zero-order chi connectivity index (χ0) is 23.4. The Hall–Kier alpha value is -3.16. The molecule has 0 atom stereocenters. The van der Waals surface area contributed by atoms with Crippen LogP contribution in [0.4, 0.5) is 5.69 Å². The van der Waals surface area contributed by atoms with Gasteiger partial charge in [0.25, 0.3) is 11.8 Å². The molecule has 0 radical (unpaired) electrons. The van der Waals surface area contributed by atoms with Crippen LogP contribution in [0.25, 0.3) is 5.57 Å². The molecule has 2 aromatic carbocycles. The SMILES string of the molecule is COc1ccccc1NC1=C(c2ccc(C)c(C)c2)C(=O)N(CCCN2CCOCC2)C1=O. The lowest BCUT2D eigenvalue weighted by Gasteiger charge is -2.27. The largest absolute Gasteiger partial charge is 0.495 e. The number of aryl methyl sites for hydroxylation is 2. The summed E-state index contributed by atoms with van der Waals surface area (Å²) in [6.45, 7) is 8.47. The van der Waals surface area contributed by atoms with Gasteiger partial charge in [0.2, 0.25) is 0 Å². The van der Waals surface area contributed by atoms with Crippen molar-refractivity contribution in [1.82, 2.24) is 9.80 Å². The Morgan fingerprint density at radius 1 is 0.970 bits per heavy atom. The predicted octanol–water partition coefficient (Wildman–Crippen LogP) is 3.23. The van der Waals surface area contributed by atoms with E-state index in [1.807, 2.05) is 56.3 Å². The number of anilines is 1. The van der Waals surface area contributed by atoms with Crippen molar-refractivity contribution in [2.45, 2.75) is 20.3 Å². The molecule has 2 aliphatic rings. The molecule has 1 fully saturated rings. The van der Waals surface area contributed by atoms with Gasteiger partial charge in [-0.1, -0.05) is 30.3 Å². The number of hydrogen-bond donors (Lipinski definition) is 1. The van der Waals surface area contributed by atoms with Crippen molar-refractivity contribution in [3.63, 3.8) is 0 Å². The van der Waals surface area contributed by atoms with Crippen LogP contribution in [0.5, 0.6) is 5.75 Å². The summed E-state index contributed by atoms with van der Waals surface area (Å²) >= 11 is 0. The normalized spacial score (nSPS) is 17.1. The number of ether oxygens (including phenoxy) is 2. The minimum atomic E-state index is -0.305. The summed E-state index contributed by atoms with van der Waals surface area (Å²) in [5.74, 6) is 0.0409. The van der Waals surface area contributed by atoms with Gasteiger partial charge in [-0.3, -0.25) is 19.4 Å². The number of amides is 2. The zero-order valence-corrected chi connectivity index (χ0v) is 19.5. The number of imide groups is 1. The van der Waals surface area contributed by atoms with E-state index in [4.69, 9.17) is 9.47 Å². The highest BCUT2D eigenvalue weighted by Gasteiger charge is 2.39. The molecule has 2 aromatic rings. The lowest BCUT2D eigenvalue weighted by molar-refractivity contribution is -0.136. The molecule has 0 spiro atoms. The van der Waals surface area contributed by atoms with E-state index in [-0.39, 0.29) is 11.8 Å². The Bertz CT molecular complexity index is 1070. The van der Waals surface area contributed by atoms with Crippen molar-refractivity contribution in [2.75, 3.05) is 51.8 Å². The molecule has 33 heavy (non-hydrogen) atoms. The van der Waals surface area contributed by atoms with Gasteiger partial charge >= 0.3 is 0 Å². The third-order valence-corrected chi connectivity index (χ3v) is 6.29. The van der Waals surface area contributed by atoms with Gasteiger partial charge in [-0.15, -0.1) is 0 Å². The number of carbonyl (C=O) groups is 2. The summed E-state index contributed by atoms with van der Waals surface area (Å²) in [6.07, 6.45) is 0.722. The average molecular weight is 450 g/mol. The van der Waals surface area contributed by atoms with Gasteiger partial charge < -0.3 is 14.8 Å². The van der Waals surface area contributed by atoms with Crippen molar-refractivity contribution in [3.8, 4) is 5.75 Å². The maximum absolute atomic E-state index is 13.5. The summed E-state index contributed by atoms with van der Waals surface area (Å²) in [5.41, 5.74) is 4.29. The number of nitrogens with zero attached hydrogens (tertiary/aromatic N) is 2. The molecule has 0 unspecified atom stereocenters. The molecule has 1 saturated heterocycles. The zero-order valence-electron chi connectivity index (χ0n) is 19.5. The molecule has 0 aliphatic carbocycles. The third kappa shape index (κ3) is 4.94. The second-order valence-electron chi connectivity index (χ2n) is 8.44. The topological polar surface area (TPSA) is 71.1 Å². The fourth-order valence-electron chi connectivity index (χ4n) is 4.22. The first-order valence-corrected chi connectivity index (χ1v) is 11.4. The van der Waals surface area contributed by atoms with Crippen molar-refractivity contribution in [2.24, 2.45) is 0 Å². The van der Waals surface area contributed by atoms with Crippen LogP contribution in [0.3, 0.4) is 0 Å². The highest BCUT2D eigenvalue weighted by atomic mass is 16.5. The van der Waals surface area contributed by atoms with E-state index >= 15 is 0 Å². The number of rotatable bonds is 8. The van der Waals surface area contributed by atoms with Crippen molar-refractivity contribution < 1.29 is 19.1 Å². The van der Waals surface area contributed by atoms with E-state index in [2.05, 4.69) is 10.2 Å². The Kier molecular flexibility index (Phi) is 7.11. The first-order valence-electron chi connectivity index (χ1n) is 11.4. The van der Waals surface area contributed by atoms with Crippen LogP contribution in [0.1, 0.15) is 23.1 Å². The second kappa shape index (κ2) is 10.2. The lowest BCUT2D eigenvalue weighted by atomic mass is 9.99. The molecule has 1 N–H and O–H groups in total. The van der Waals surface area contributed by atoms with Crippen molar-refractivity contribution >= 4 is 23.1 Å². The average Bonchev–Trinajstić information content (AvgIpc) is 3.06. The molecule has 0 aromatic heterocycles. The van der Waals surface area contributed by atoms with Gasteiger partial charge in [0.1, 0.15) is 11.4 Å². The number of carbonyl (C=O) groups excluding carboxylic acids is 2. The maximum Gasteiger partial charge on any atom is 0.278 e. The molecular formula is C26H31N3O4. The highest BCUT2D eigenvalue weighted by Crippen LogP contribution is 2.34. The molecule has 174 valence electrons. The molecule has 0 bridgehead atoms. The van der Waals surface area contributed by atoms with E-state index in [0.29, 0.717) is 29.3 Å². The highest BCUT2D eigenvalue weighted by molar-refractivity contribution is 6.36. The van der Waals surface area contributed by atoms with Gasteiger partial charge in [0.05, 0.1) is 31.6 Å². The van der Waals surface area contributed by atoms with Gasteiger partial charge in [0, 0.05) is 26.2 Å². The van der Waals surface area contributed by atoms with E-state index in [9.17, 15) is 9.59 Å². The number of hydrogen-bond acceptors (Lipinski definition) is 6. The summed E-state index contributed by atoms with van der Waals surface area (Å²) in [6, 6.07) is 13.2. The fraction of sp³-hybridized carbons (Fsp3) is 0.385. The maximum atomic E-state index is 13.5. The van der Waals surface area contributed by atoms with Crippen molar-refractivity contribution in [3.05, 3.63) is 64.9 Å². The molecule has 2 amide bonds. The minimum Gasteiger partial charge on any atom is -0.495 e. The summed E-state index contributed by atoms with van der Waals surface area (Å²) in [5, 5.41) is 3.21. The monoisotopic (exact) mass is 449 g/mol. The number of benzene rings is 2. The quantitative estimate of drug-likeness (QED) is 0.624. The minimum absolute atomic E-state index is 0.261. The molecule has 2 aliphatic heterocycles. The molecular weight excluding hydrogens is 418 g/mol. The molecule has 7 nitrogen and oxygen atoms in total. The van der Waals surface area contributed by atoms with Crippen LogP contribution >= 0.6 is 0 Å². The Balaban J connectivity index is 1.61.